The summed E-state index contributed by atoms with van der Waals surface area (Å²) in [5, 5.41) is 19.6. The van der Waals surface area contributed by atoms with E-state index in [1.807, 2.05) is 0 Å². The number of rotatable bonds is 5. The van der Waals surface area contributed by atoms with E-state index in [0.717, 1.165) is 19.1 Å². The van der Waals surface area contributed by atoms with Crippen LogP contribution in [0.15, 0.2) is 12.1 Å². The van der Waals surface area contributed by atoms with E-state index >= 15 is 0 Å². The van der Waals surface area contributed by atoms with Crippen LogP contribution in [0.2, 0.25) is 0 Å². The normalized spacial score (nSPS) is 11.8. The summed E-state index contributed by atoms with van der Waals surface area (Å²) in [5.74, 6) is -4.29. The Bertz CT molecular complexity index is 561. The Morgan fingerprint density at radius 3 is 2.15 bits per heavy atom. The van der Waals surface area contributed by atoms with Crippen LogP contribution < -0.4 is 0 Å². The fourth-order valence-corrected chi connectivity index (χ4v) is 1.97. The Morgan fingerprint density at radius 1 is 1.15 bits per heavy atom. The summed E-state index contributed by atoms with van der Waals surface area (Å²) in [4.78, 5) is 35.2. The van der Waals surface area contributed by atoms with Crippen LogP contribution in [-0.4, -0.2) is 34.4 Å². The van der Waals surface area contributed by atoms with E-state index in [2.05, 4.69) is 0 Å². The summed E-state index contributed by atoms with van der Waals surface area (Å²) in [6.45, 7) is 3.94. The maximum atomic E-state index is 11.9. The molecule has 0 fully saturated rings. The fourth-order valence-electron chi connectivity index (χ4n) is 1.97. The lowest BCUT2D eigenvalue weighted by atomic mass is 9.88. The van der Waals surface area contributed by atoms with E-state index < -0.39 is 35.0 Å². The molecular formula is C14H16O6. The van der Waals surface area contributed by atoms with Crippen LogP contribution in [0.25, 0.3) is 0 Å². The molecule has 1 unspecified atom stereocenters. The second kappa shape index (κ2) is 6.18. The molecule has 108 valence electrons. The summed E-state index contributed by atoms with van der Waals surface area (Å²) >= 11 is 0. The van der Waals surface area contributed by atoms with Gasteiger partial charge in [0.15, 0.2) is 5.78 Å². The molecule has 0 spiro atoms. The zero-order valence-electron chi connectivity index (χ0n) is 11.5. The van der Waals surface area contributed by atoms with Gasteiger partial charge in [-0.05, 0) is 32.9 Å². The number of hydrogen-bond donors (Lipinski definition) is 2. The molecule has 1 rings (SSSR count). The van der Waals surface area contributed by atoms with E-state index in [1.165, 1.54) is 6.92 Å². The van der Waals surface area contributed by atoms with Gasteiger partial charge in [-0.2, -0.15) is 0 Å². The van der Waals surface area contributed by atoms with Gasteiger partial charge >= 0.3 is 5.97 Å². The van der Waals surface area contributed by atoms with Crippen molar-refractivity contribution >= 4 is 17.5 Å². The van der Waals surface area contributed by atoms with Crippen molar-refractivity contribution in [1.29, 1.82) is 0 Å². The van der Waals surface area contributed by atoms with Crippen molar-refractivity contribution in [2.75, 3.05) is 6.61 Å². The molecule has 0 aliphatic heterocycles. The van der Waals surface area contributed by atoms with Gasteiger partial charge < -0.3 is 14.9 Å². The van der Waals surface area contributed by atoms with Crippen molar-refractivity contribution < 1.29 is 29.3 Å². The summed E-state index contributed by atoms with van der Waals surface area (Å²) in [6.07, 6.45) is 0. The SMILES string of the molecule is CCOC(=O)C(C(C)=O)c1c(O)ccc(O)c1C(C)=O. The summed E-state index contributed by atoms with van der Waals surface area (Å²) in [7, 11) is 0. The molecule has 1 aromatic carbocycles. The van der Waals surface area contributed by atoms with Gasteiger partial charge in [-0.15, -0.1) is 0 Å². The van der Waals surface area contributed by atoms with Crippen LogP contribution in [0.5, 0.6) is 11.5 Å². The van der Waals surface area contributed by atoms with Crippen molar-refractivity contribution in [3.63, 3.8) is 0 Å². The van der Waals surface area contributed by atoms with Gasteiger partial charge in [0.25, 0.3) is 0 Å². The highest BCUT2D eigenvalue weighted by molar-refractivity contribution is 6.08. The molecule has 0 radical (unpaired) electrons. The number of ether oxygens (including phenoxy) is 1. The van der Waals surface area contributed by atoms with Crippen LogP contribution in [0, 0.1) is 0 Å². The van der Waals surface area contributed by atoms with Gasteiger partial charge in [0.2, 0.25) is 0 Å². The Morgan fingerprint density at radius 2 is 1.70 bits per heavy atom. The zero-order valence-corrected chi connectivity index (χ0v) is 11.5. The first kappa shape index (κ1) is 15.7. The third-order valence-corrected chi connectivity index (χ3v) is 2.77. The zero-order chi connectivity index (χ0) is 15.4. The van der Waals surface area contributed by atoms with Gasteiger partial charge in [0.05, 0.1) is 12.2 Å². The van der Waals surface area contributed by atoms with Crippen LogP contribution in [-0.2, 0) is 14.3 Å². The number of benzene rings is 1. The van der Waals surface area contributed by atoms with Gasteiger partial charge in [-0.25, -0.2) is 0 Å². The smallest absolute Gasteiger partial charge is 0.321 e. The standard InChI is InChI=1S/C14H16O6/c1-4-20-14(19)12(8(3)16)13-10(18)6-5-9(17)11(13)7(2)15/h5-6,12,17-18H,4H2,1-3H3. The fraction of sp³-hybridized carbons (Fsp3) is 0.357. The Hall–Kier alpha value is -2.37. The van der Waals surface area contributed by atoms with Crippen molar-refractivity contribution in [3.05, 3.63) is 23.3 Å². The first-order chi connectivity index (χ1) is 9.31. The molecule has 2 N–H and O–H groups in total. The number of phenolic OH excluding ortho intramolecular Hbond substituents is 2. The first-order valence-corrected chi connectivity index (χ1v) is 6.04. The Balaban J connectivity index is 3.55. The molecule has 0 aromatic heterocycles. The maximum Gasteiger partial charge on any atom is 0.321 e. The number of carbonyl (C=O) groups excluding carboxylic acids is 3. The molecule has 6 nitrogen and oxygen atoms in total. The van der Waals surface area contributed by atoms with Crippen LogP contribution in [0.1, 0.15) is 42.6 Å². The molecule has 0 saturated carbocycles. The number of ketones is 2. The molecule has 0 heterocycles. The highest BCUT2D eigenvalue weighted by Gasteiger charge is 2.34. The molecule has 0 bridgehead atoms. The second-order valence-electron chi connectivity index (χ2n) is 4.24. The molecule has 20 heavy (non-hydrogen) atoms. The van der Waals surface area contributed by atoms with E-state index in [4.69, 9.17) is 4.74 Å². The number of aromatic hydroxyl groups is 2. The number of esters is 1. The van der Waals surface area contributed by atoms with Gasteiger partial charge in [0, 0.05) is 5.56 Å². The van der Waals surface area contributed by atoms with Crippen LogP contribution >= 0.6 is 0 Å². The quantitative estimate of drug-likeness (QED) is 0.367. The summed E-state index contributed by atoms with van der Waals surface area (Å²) < 4.78 is 4.79. The van der Waals surface area contributed by atoms with Crippen LogP contribution in [0.4, 0.5) is 0 Å². The topological polar surface area (TPSA) is 101 Å². The predicted molar refractivity (Wildman–Crippen MR) is 69.8 cm³/mol. The lowest BCUT2D eigenvalue weighted by molar-refractivity contribution is -0.147. The lowest BCUT2D eigenvalue weighted by Gasteiger charge is -2.18. The highest BCUT2D eigenvalue weighted by Crippen LogP contribution is 2.36. The largest absolute Gasteiger partial charge is 0.508 e. The highest BCUT2D eigenvalue weighted by atomic mass is 16.5. The van der Waals surface area contributed by atoms with Crippen molar-refractivity contribution in [2.24, 2.45) is 0 Å². The third kappa shape index (κ3) is 2.96. The molecule has 6 heteroatoms. The summed E-state index contributed by atoms with van der Waals surface area (Å²) in [6, 6.07) is 2.24. The monoisotopic (exact) mass is 280 g/mol. The maximum absolute atomic E-state index is 11.9. The minimum atomic E-state index is -1.44. The Labute approximate surface area is 116 Å². The third-order valence-electron chi connectivity index (χ3n) is 2.77. The van der Waals surface area contributed by atoms with E-state index in [0.29, 0.717) is 0 Å². The minimum absolute atomic E-state index is 0.0532. The van der Waals surface area contributed by atoms with Crippen LogP contribution in [0.3, 0.4) is 0 Å². The van der Waals surface area contributed by atoms with Gasteiger partial charge in [-0.1, -0.05) is 0 Å². The molecule has 0 saturated heterocycles. The second-order valence-corrected chi connectivity index (χ2v) is 4.24. The average molecular weight is 280 g/mol. The molecule has 0 aliphatic rings. The van der Waals surface area contributed by atoms with Crippen molar-refractivity contribution in [2.45, 2.75) is 26.7 Å². The molecule has 0 aliphatic carbocycles. The van der Waals surface area contributed by atoms with Gasteiger partial charge in [-0.3, -0.25) is 14.4 Å². The number of Topliss-reactive ketones (excluding diaryl/α,β-unsaturated/α-hetero) is 2. The molecule has 1 atom stereocenters. The number of hydrogen-bond acceptors (Lipinski definition) is 6. The Kier molecular flexibility index (Phi) is 4.85. The first-order valence-electron chi connectivity index (χ1n) is 6.04. The van der Waals surface area contributed by atoms with Crippen molar-refractivity contribution in [3.8, 4) is 11.5 Å². The minimum Gasteiger partial charge on any atom is -0.508 e. The van der Waals surface area contributed by atoms with E-state index in [-0.39, 0.29) is 17.7 Å². The molecular weight excluding hydrogens is 264 g/mol. The average Bonchev–Trinajstić information content (AvgIpc) is 2.33. The summed E-state index contributed by atoms with van der Waals surface area (Å²) in [5.41, 5.74) is -0.471. The van der Waals surface area contributed by atoms with E-state index in [1.54, 1.807) is 6.92 Å². The van der Waals surface area contributed by atoms with Gasteiger partial charge in [0.1, 0.15) is 23.2 Å². The molecule has 1 aromatic rings. The predicted octanol–water partition coefficient (Wildman–Crippen LogP) is 1.54. The number of carbonyl (C=O) groups is 3. The lowest BCUT2D eigenvalue weighted by Crippen LogP contribution is -2.24. The van der Waals surface area contributed by atoms with Crippen molar-refractivity contribution in [1.82, 2.24) is 0 Å². The van der Waals surface area contributed by atoms with E-state index in [9.17, 15) is 24.6 Å². The molecule has 0 amide bonds. The number of phenols is 2.